The first-order chi connectivity index (χ1) is 10.6. The van der Waals surface area contributed by atoms with E-state index >= 15 is 0 Å². The molecule has 0 bridgehead atoms. The van der Waals surface area contributed by atoms with Crippen LogP contribution in [-0.2, 0) is 14.1 Å². The predicted molar refractivity (Wildman–Crippen MR) is 84.2 cm³/mol. The summed E-state index contributed by atoms with van der Waals surface area (Å²) in [4.78, 5) is 30.9. The van der Waals surface area contributed by atoms with Crippen LogP contribution in [0.25, 0.3) is 11.2 Å². The first kappa shape index (κ1) is 13.8. The van der Waals surface area contributed by atoms with Gasteiger partial charge in [-0.3, -0.25) is 13.9 Å². The molecule has 0 fully saturated rings. The van der Waals surface area contributed by atoms with Gasteiger partial charge in [-0.2, -0.15) is 10.1 Å². The molecule has 22 heavy (non-hydrogen) atoms. The molecule has 0 radical (unpaired) electrons. The highest BCUT2D eigenvalue weighted by Gasteiger charge is 2.12. The smallest absolute Gasteiger partial charge is 0.317 e. The van der Waals surface area contributed by atoms with E-state index < -0.39 is 11.2 Å². The van der Waals surface area contributed by atoms with Crippen molar-refractivity contribution in [2.45, 2.75) is 0 Å². The summed E-state index contributed by atoms with van der Waals surface area (Å²) in [5.41, 5.74) is 3.32. The molecule has 0 saturated carbocycles. The average molecular weight is 298 g/mol. The van der Waals surface area contributed by atoms with Crippen LogP contribution in [0.3, 0.4) is 0 Å². The van der Waals surface area contributed by atoms with E-state index in [1.165, 1.54) is 11.6 Å². The summed E-state index contributed by atoms with van der Waals surface area (Å²) in [5, 5.41) is 4.05. The van der Waals surface area contributed by atoms with Gasteiger partial charge in [0.2, 0.25) is 5.95 Å². The number of hydrogen-bond donors (Lipinski definition) is 2. The summed E-state index contributed by atoms with van der Waals surface area (Å²) < 4.78 is 2.33. The van der Waals surface area contributed by atoms with Crippen molar-refractivity contribution < 1.29 is 0 Å². The van der Waals surface area contributed by atoms with Gasteiger partial charge in [-0.25, -0.2) is 10.2 Å². The molecule has 0 saturated heterocycles. The summed E-state index contributed by atoms with van der Waals surface area (Å²) in [6, 6.07) is 9.54. The van der Waals surface area contributed by atoms with Crippen molar-refractivity contribution in [2.24, 2.45) is 19.2 Å². The molecule has 0 spiro atoms. The van der Waals surface area contributed by atoms with Crippen LogP contribution < -0.4 is 16.7 Å². The van der Waals surface area contributed by atoms with Crippen LogP contribution in [0.2, 0.25) is 0 Å². The molecule has 0 atom stereocenters. The Kier molecular flexibility index (Phi) is 3.34. The van der Waals surface area contributed by atoms with Gasteiger partial charge >= 0.3 is 5.69 Å². The molecule has 0 aliphatic carbocycles. The third-order valence-electron chi connectivity index (χ3n) is 3.28. The lowest BCUT2D eigenvalue weighted by Crippen LogP contribution is -2.36. The lowest BCUT2D eigenvalue weighted by atomic mass is 10.2. The molecular weight excluding hydrogens is 284 g/mol. The lowest BCUT2D eigenvalue weighted by molar-refractivity contribution is 0.709. The van der Waals surface area contributed by atoms with Gasteiger partial charge in [0, 0.05) is 14.1 Å². The second-order valence-corrected chi connectivity index (χ2v) is 4.77. The molecule has 0 aliphatic rings. The number of hydrazone groups is 1. The van der Waals surface area contributed by atoms with Crippen LogP contribution in [0.1, 0.15) is 5.56 Å². The number of aromatic nitrogens is 4. The first-order valence-corrected chi connectivity index (χ1v) is 6.58. The van der Waals surface area contributed by atoms with Crippen molar-refractivity contribution >= 4 is 23.3 Å². The van der Waals surface area contributed by atoms with Crippen LogP contribution >= 0.6 is 0 Å². The van der Waals surface area contributed by atoms with Crippen LogP contribution in [0.4, 0.5) is 5.95 Å². The third-order valence-corrected chi connectivity index (χ3v) is 3.28. The molecule has 0 unspecified atom stereocenters. The zero-order chi connectivity index (χ0) is 15.7. The molecule has 0 aliphatic heterocycles. The number of aromatic amines is 1. The standard InChI is InChI=1S/C14H14N6O2/c1-19-11-10(12(21)20(2)14(19)22)16-13(17-11)18-15-8-9-6-4-3-5-7-9/h3-8H,1-2H3,(H2,16,17,18)/b15-8+. The minimum Gasteiger partial charge on any atom is -0.317 e. The lowest BCUT2D eigenvalue weighted by Gasteiger charge is -2.00. The van der Waals surface area contributed by atoms with Crippen molar-refractivity contribution in [3.05, 3.63) is 56.7 Å². The summed E-state index contributed by atoms with van der Waals surface area (Å²) in [6.07, 6.45) is 1.63. The fourth-order valence-corrected chi connectivity index (χ4v) is 2.09. The summed E-state index contributed by atoms with van der Waals surface area (Å²) in [7, 11) is 2.98. The first-order valence-electron chi connectivity index (χ1n) is 6.58. The molecule has 3 rings (SSSR count). The Bertz CT molecular complexity index is 965. The number of aryl methyl sites for hydroxylation is 1. The zero-order valence-corrected chi connectivity index (χ0v) is 12.1. The van der Waals surface area contributed by atoms with Crippen LogP contribution in [0, 0.1) is 0 Å². The van der Waals surface area contributed by atoms with E-state index in [1.54, 1.807) is 13.3 Å². The van der Waals surface area contributed by atoms with Crippen molar-refractivity contribution in [2.75, 3.05) is 5.43 Å². The van der Waals surface area contributed by atoms with Gasteiger partial charge < -0.3 is 4.98 Å². The van der Waals surface area contributed by atoms with E-state index in [0.717, 1.165) is 10.1 Å². The van der Waals surface area contributed by atoms with Gasteiger partial charge in [0.1, 0.15) is 0 Å². The molecule has 1 aromatic carbocycles. The Morgan fingerprint density at radius 1 is 1.18 bits per heavy atom. The maximum atomic E-state index is 12.0. The van der Waals surface area contributed by atoms with Crippen molar-refractivity contribution in [1.29, 1.82) is 0 Å². The second-order valence-electron chi connectivity index (χ2n) is 4.77. The number of anilines is 1. The third kappa shape index (κ3) is 2.30. The topological polar surface area (TPSA) is 97.1 Å². The van der Waals surface area contributed by atoms with E-state index in [1.807, 2.05) is 30.3 Å². The highest BCUT2D eigenvalue weighted by molar-refractivity contribution is 5.80. The Hall–Kier alpha value is -3.16. The molecule has 2 aromatic heterocycles. The van der Waals surface area contributed by atoms with Gasteiger partial charge in [-0.05, 0) is 5.56 Å². The number of benzene rings is 1. The Balaban J connectivity index is 1.95. The molecule has 112 valence electrons. The van der Waals surface area contributed by atoms with E-state index in [9.17, 15) is 9.59 Å². The molecule has 8 nitrogen and oxygen atoms in total. The van der Waals surface area contributed by atoms with E-state index in [2.05, 4.69) is 20.5 Å². The Labute approximate surface area is 124 Å². The number of H-pyrrole nitrogens is 1. The van der Waals surface area contributed by atoms with Gasteiger partial charge in [0.05, 0.1) is 6.21 Å². The van der Waals surface area contributed by atoms with Gasteiger partial charge in [0.15, 0.2) is 11.2 Å². The van der Waals surface area contributed by atoms with E-state index in [0.29, 0.717) is 5.95 Å². The van der Waals surface area contributed by atoms with Gasteiger partial charge in [-0.1, -0.05) is 30.3 Å². The average Bonchev–Trinajstić information content (AvgIpc) is 2.96. The molecule has 2 N–H and O–H groups in total. The molecular formula is C14H14N6O2. The van der Waals surface area contributed by atoms with Crippen molar-refractivity contribution in [3.8, 4) is 0 Å². The quantitative estimate of drug-likeness (QED) is 0.540. The molecule has 0 amide bonds. The SMILES string of the molecule is Cn1c(=O)c2[nH]c(N/N=C/c3ccccc3)nc2n(C)c1=O. The normalized spacial score (nSPS) is 11.4. The summed E-state index contributed by atoms with van der Waals surface area (Å²) in [5.74, 6) is 0.292. The second kappa shape index (κ2) is 5.32. The number of hydrogen-bond acceptors (Lipinski definition) is 5. The highest BCUT2D eigenvalue weighted by atomic mass is 16.2. The zero-order valence-electron chi connectivity index (χ0n) is 12.1. The maximum Gasteiger partial charge on any atom is 0.332 e. The fraction of sp³-hybridized carbons (Fsp3) is 0.143. The van der Waals surface area contributed by atoms with Gasteiger partial charge in [0.25, 0.3) is 5.56 Å². The Morgan fingerprint density at radius 3 is 2.64 bits per heavy atom. The minimum absolute atomic E-state index is 0.252. The summed E-state index contributed by atoms with van der Waals surface area (Å²) >= 11 is 0. The van der Waals surface area contributed by atoms with Gasteiger partial charge in [-0.15, -0.1) is 0 Å². The van der Waals surface area contributed by atoms with Crippen LogP contribution in [0.5, 0.6) is 0 Å². The predicted octanol–water partition coefficient (Wildman–Crippen LogP) is 0.406. The molecule has 2 heterocycles. The van der Waals surface area contributed by atoms with E-state index in [4.69, 9.17) is 0 Å². The number of imidazole rings is 1. The summed E-state index contributed by atoms with van der Waals surface area (Å²) in [6.45, 7) is 0. The minimum atomic E-state index is -0.427. The highest BCUT2D eigenvalue weighted by Crippen LogP contribution is 2.08. The Morgan fingerprint density at radius 2 is 1.91 bits per heavy atom. The fourth-order valence-electron chi connectivity index (χ4n) is 2.09. The molecule has 3 aromatic rings. The molecule has 8 heteroatoms. The maximum absolute atomic E-state index is 12.0. The van der Waals surface area contributed by atoms with E-state index in [-0.39, 0.29) is 11.2 Å². The number of rotatable bonds is 3. The van der Waals surface area contributed by atoms with Crippen molar-refractivity contribution in [1.82, 2.24) is 19.1 Å². The van der Waals surface area contributed by atoms with Crippen molar-refractivity contribution in [3.63, 3.8) is 0 Å². The van der Waals surface area contributed by atoms with Crippen LogP contribution in [0.15, 0.2) is 45.0 Å². The number of nitrogens with zero attached hydrogens (tertiary/aromatic N) is 4. The van der Waals surface area contributed by atoms with Crippen LogP contribution in [-0.4, -0.2) is 25.3 Å². The number of nitrogens with one attached hydrogen (secondary N) is 2. The monoisotopic (exact) mass is 298 g/mol. The number of fused-ring (bicyclic) bond motifs is 1. The largest absolute Gasteiger partial charge is 0.332 e.